The summed E-state index contributed by atoms with van der Waals surface area (Å²) in [6.45, 7) is 6.50. The molecule has 9 nitrogen and oxygen atoms in total. The fourth-order valence-electron chi connectivity index (χ4n) is 3.31. The molecule has 0 atom stereocenters. The molecule has 2 aromatic rings. The number of carboxylic acid groups (broad SMARTS) is 2. The van der Waals surface area contributed by atoms with Crippen molar-refractivity contribution >= 4 is 29.2 Å². The van der Waals surface area contributed by atoms with Gasteiger partial charge in [-0.15, -0.1) is 0 Å². The number of aromatic carboxylic acids is 1. The molecule has 1 aliphatic heterocycles. The molecular weight excluding hydrogens is 471 g/mol. The molecule has 0 aromatic heterocycles. The SMILES string of the molecule is CCN1CCN(c2ccc(NC(=O)c3ccc(OC)cc3)cc2C(=O)O)CC1.O=C(O)C(F)(F)F. The van der Waals surface area contributed by atoms with Crippen LogP contribution < -0.4 is 15.0 Å². The Bertz CT molecular complexity index is 1040. The van der Waals surface area contributed by atoms with Crippen LogP contribution in [0.4, 0.5) is 24.5 Å². The normalized spacial score (nSPS) is 13.9. The molecule has 0 bridgehead atoms. The van der Waals surface area contributed by atoms with Crippen LogP contribution in [-0.4, -0.2) is 79.0 Å². The van der Waals surface area contributed by atoms with Crippen molar-refractivity contribution in [2.24, 2.45) is 0 Å². The van der Waals surface area contributed by atoms with Gasteiger partial charge in [0.1, 0.15) is 5.75 Å². The number of hydrogen-bond donors (Lipinski definition) is 3. The molecular formula is C23H26F3N3O6. The van der Waals surface area contributed by atoms with Gasteiger partial charge in [-0.05, 0) is 49.0 Å². The van der Waals surface area contributed by atoms with Crippen LogP contribution in [0, 0.1) is 0 Å². The average Bonchev–Trinajstić information content (AvgIpc) is 2.84. The Labute approximate surface area is 199 Å². The second-order valence-corrected chi connectivity index (χ2v) is 7.44. The molecule has 190 valence electrons. The Morgan fingerprint density at radius 1 is 1.00 bits per heavy atom. The number of carbonyl (C=O) groups is 3. The lowest BCUT2D eigenvalue weighted by Crippen LogP contribution is -2.46. The Kier molecular flexibility index (Phi) is 9.46. The first-order chi connectivity index (χ1) is 16.5. The van der Waals surface area contributed by atoms with Crippen LogP contribution in [0.25, 0.3) is 0 Å². The lowest BCUT2D eigenvalue weighted by molar-refractivity contribution is -0.192. The maximum atomic E-state index is 12.4. The van der Waals surface area contributed by atoms with Crippen molar-refractivity contribution in [3.63, 3.8) is 0 Å². The molecule has 35 heavy (non-hydrogen) atoms. The number of aliphatic carboxylic acids is 1. The summed E-state index contributed by atoms with van der Waals surface area (Å²) >= 11 is 0. The number of amides is 1. The first kappa shape index (κ1) is 27.4. The Hall–Kier alpha value is -3.80. The van der Waals surface area contributed by atoms with Gasteiger partial charge in [0.2, 0.25) is 0 Å². The zero-order valence-electron chi connectivity index (χ0n) is 19.1. The summed E-state index contributed by atoms with van der Waals surface area (Å²) in [5.41, 5.74) is 1.80. The molecule has 3 rings (SSSR count). The van der Waals surface area contributed by atoms with Gasteiger partial charge in [-0.25, -0.2) is 9.59 Å². The van der Waals surface area contributed by atoms with Gasteiger partial charge < -0.3 is 30.1 Å². The predicted molar refractivity (Wildman–Crippen MR) is 122 cm³/mol. The highest BCUT2D eigenvalue weighted by Gasteiger charge is 2.38. The molecule has 1 fully saturated rings. The number of carbonyl (C=O) groups excluding carboxylic acids is 1. The zero-order chi connectivity index (χ0) is 26.2. The third-order valence-electron chi connectivity index (χ3n) is 5.24. The van der Waals surface area contributed by atoms with E-state index in [-0.39, 0.29) is 11.5 Å². The molecule has 0 unspecified atom stereocenters. The minimum absolute atomic E-state index is 0.192. The van der Waals surface area contributed by atoms with Crippen LogP contribution in [0.15, 0.2) is 42.5 Å². The number of benzene rings is 2. The second-order valence-electron chi connectivity index (χ2n) is 7.44. The number of likely N-dealkylation sites (N-methyl/N-ethyl adjacent to an activating group) is 1. The zero-order valence-corrected chi connectivity index (χ0v) is 19.1. The number of carboxylic acids is 2. The first-order valence-electron chi connectivity index (χ1n) is 10.6. The van der Waals surface area contributed by atoms with Crippen LogP contribution in [0.2, 0.25) is 0 Å². The fourth-order valence-corrected chi connectivity index (χ4v) is 3.31. The summed E-state index contributed by atoms with van der Waals surface area (Å²) in [6.07, 6.45) is -5.08. The van der Waals surface area contributed by atoms with E-state index in [1.54, 1.807) is 43.5 Å². The van der Waals surface area contributed by atoms with E-state index in [0.29, 0.717) is 22.7 Å². The molecule has 12 heteroatoms. The third kappa shape index (κ3) is 7.88. The van der Waals surface area contributed by atoms with Crippen molar-refractivity contribution in [3.8, 4) is 5.75 Å². The minimum atomic E-state index is -5.08. The lowest BCUT2D eigenvalue weighted by atomic mass is 10.1. The Morgan fingerprint density at radius 2 is 1.57 bits per heavy atom. The summed E-state index contributed by atoms with van der Waals surface area (Å²) in [4.78, 5) is 37.6. The molecule has 2 aromatic carbocycles. The standard InChI is InChI=1S/C21H25N3O4.C2HF3O2/c1-3-23-10-12-24(13-11-23)19-9-6-16(14-18(19)21(26)27)22-20(25)15-4-7-17(28-2)8-5-15;3-2(4,5)1(6)7/h4-9,14H,3,10-13H2,1-2H3,(H,22,25)(H,26,27);(H,6,7). The molecule has 0 radical (unpaired) electrons. The summed E-state index contributed by atoms with van der Waals surface area (Å²) in [6, 6.07) is 11.8. The second kappa shape index (κ2) is 12.1. The summed E-state index contributed by atoms with van der Waals surface area (Å²) in [5.74, 6) is -3.40. The first-order valence-corrected chi connectivity index (χ1v) is 10.6. The van der Waals surface area contributed by atoms with Crippen LogP contribution in [0.3, 0.4) is 0 Å². The van der Waals surface area contributed by atoms with Crippen molar-refractivity contribution in [2.45, 2.75) is 13.1 Å². The number of ether oxygens (including phenoxy) is 1. The number of methoxy groups -OCH3 is 1. The monoisotopic (exact) mass is 497 g/mol. The maximum Gasteiger partial charge on any atom is 0.490 e. The summed E-state index contributed by atoms with van der Waals surface area (Å²) in [5, 5.41) is 19.6. The number of rotatable bonds is 6. The number of piperazine rings is 1. The molecule has 0 spiro atoms. The van der Waals surface area contributed by atoms with Crippen LogP contribution in [0.1, 0.15) is 27.6 Å². The van der Waals surface area contributed by atoms with Crippen molar-refractivity contribution in [1.29, 1.82) is 0 Å². The Balaban J connectivity index is 0.000000540. The van der Waals surface area contributed by atoms with E-state index in [9.17, 15) is 27.9 Å². The van der Waals surface area contributed by atoms with E-state index in [2.05, 4.69) is 22.0 Å². The molecule has 0 saturated carbocycles. The van der Waals surface area contributed by atoms with E-state index in [1.807, 2.05) is 0 Å². The lowest BCUT2D eigenvalue weighted by Gasteiger charge is -2.36. The predicted octanol–water partition coefficient (Wildman–Crippen LogP) is 3.42. The summed E-state index contributed by atoms with van der Waals surface area (Å²) < 4.78 is 36.8. The van der Waals surface area contributed by atoms with Gasteiger partial charge in [0.15, 0.2) is 0 Å². The van der Waals surface area contributed by atoms with Crippen LogP contribution in [0.5, 0.6) is 5.75 Å². The van der Waals surface area contributed by atoms with Crippen LogP contribution in [-0.2, 0) is 4.79 Å². The van der Waals surface area contributed by atoms with Crippen molar-refractivity contribution in [3.05, 3.63) is 53.6 Å². The highest BCUT2D eigenvalue weighted by atomic mass is 19.4. The van der Waals surface area contributed by atoms with E-state index < -0.39 is 18.1 Å². The number of hydrogen-bond acceptors (Lipinski definition) is 6. The number of anilines is 2. The molecule has 1 amide bonds. The van der Waals surface area contributed by atoms with Gasteiger partial charge in [-0.2, -0.15) is 13.2 Å². The van der Waals surface area contributed by atoms with Gasteiger partial charge in [0.25, 0.3) is 5.91 Å². The van der Waals surface area contributed by atoms with Gasteiger partial charge in [-0.3, -0.25) is 4.79 Å². The van der Waals surface area contributed by atoms with Crippen molar-refractivity contribution < 1.29 is 42.5 Å². The topological polar surface area (TPSA) is 119 Å². The van der Waals surface area contributed by atoms with E-state index >= 15 is 0 Å². The molecule has 3 N–H and O–H groups in total. The number of nitrogens with zero attached hydrogens (tertiary/aromatic N) is 2. The van der Waals surface area contributed by atoms with E-state index in [4.69, 9.17) is 14.6 Å². The quantitative estimate of drug-likeness (QED) is 0.556. The van der Waals surface area contributed by atoms with Crippen LogP contribution >= 0.6 is 0 Å². The summed E-state index contributed by atoms with van der Waals surface area (Å²) in [7, 11) is 1.56. The van der Waals surface area contributed by atoms with Gasteiger partial charge in [-0.1, -0.05) is 6.92 Å². The number of nitrogens with one attached hydrogen (secondary N) is 1. The highest BCUT2D eigenvalue weighted by molar-refractivity contribution is 6.05. The molecule has 0 aliphatic carbocycles. The van der Waals surface area contributed by atoms with Crippen molar-refractivity contribution in [2.75, 3.05) is 50.1 Å². The van der Waals surface area contributed by atoms with Crippen molar-refractivity contribution in [1.82, 2.24) is 4.90 Å². The maximum absolute atomic E-state index is 12.4. The van der Waals surface area contributed by atoms with Gasteiger partial charge in [0.05, 0.1) is 18.4 Å². The average molecular weight is 497 g/mol. The fraction of sp³-hybridized carbons (Fsp3) is 0.348. The number of halogens is 3. The third-order valence-corrected chi connectivity index (χ3v) is 5.24. The number of alkyl halides is 3. The van der Waals surface area contributed by atoms with E-state index in [1.165, 1.54) is 6.07 Å². The van der Waals surface area contributed by atoms with Gasteiger partial charge in [0, 0.05) is 37.4 Å². The highest BCUT2D eigenvalue weighted by Crippen LogP contribution is 2.26. The minimum Gasteiger partial charge on any atom is -0.497 e. The largest absolute Gasteiger partial charge is 0.497 e. The molecule has 1 saturated heterocycles. The Morgan fingerprint density at radius 3 is 2.03 bits per heavy atom. The van der Waals surface area contributed by atoms with E-state index in [0.717, 1.165) is 32.7 Å². The molecule has 1 aliphatic rings. The molecule has 1 heterocycles. The smallest absolute Gasteiger partial charge is 0.490 e. The van der Waals surface area contributed by atoms with Gasteiger partial charge >= 0.3 is 18.1 Å².